The number of halogens is 1. The minimum atomic E-state index is -1.05. The summed E-state index contributed by atoms with van der Waals surface area (Å²) < 4.78 is 22.7. The number of rotatable bonds is 8. The van der Waals surface area contributed by atoms with Gasteiger partial charge in [0, 0.05) is 10.6 Å². The molecule has 10 heteroatoms. The van der Waals surface area contributed by atoms with E-state index in [1.807, 2.05) is 20.8 Å². The molecular formula is C23H20ClN3O6. The number of hydrogen-bond donors (Lipinski definition) is 1. The Bertz CT molecular complexity index is 1310. The largest absolute Gasteiger partial charge is 0.481 e. The van der Waals surface area contributed by atoms with Crippen LogP contribution in [0.15, 0.2) is 40.8 Å². The number of aliphatic carboxylic acids is 1. The van der Waals surface area contributed by atoms with Crippen LogP contribution < -0.4 is 14.2 Å². The lowest BCUT2D eigenvalue weighted by molar-refractivity contribution is -0.139. The first-order chi connectivity index (χ1) is 15.8. The summed E-state index contributed by atoms with van der Waals surface area (Å²) in [6.45, 7) is 5.40. The Hall–Kier alpha value is -3.85. The van der Waals surface area contributed by atoms with Crippen LogP contribution >= 0.6 is 11.6 Å². The van der Waals surface area contributed by atoms with Crippen molar-refractivity contribution in [3.05, 3.63) is 52.5 Å². The molecule has 9 nitrogen and oxygen atoms in total. The zero-order valence-corrected chi connectivity index (χ0v) is 18.8. The number of carboxylic acid groups (broad SMARTS) is 1. The summed E-state index contributed by atoms with van der Waals surface area (Å²) in [6.07, 6.45) is 0. The smallest absolute Gasteiger partial charge is 0.341 e. The number of carboxylic acids is 1. The van der Waals surface area contributed by atoms with E-state index in [0.717, 1.165) is 11.1 Å². The van der Waals surface area contributed by atoms with E-state index in [0.29, 0.717) is 40.1 Å². The molecule has 2 aromatic heterocycles. The molecule has 170 valence electrons. The second-order valence-electron chi connectivity index (χ2n) is 7.10. The number of nitrogens with zero attached hydrogens (tertiary/aromatic N) is 3. The summed E-state index contributed by atoms with van der Waals surface area (Å²) in [6, 6.07) is 10.5. The van der Waals surface area contributed by atoms with Crippen LogP contribution in [0, 0.1) is 13.8 Å². The van der Waals surface area contributed by atoms with Crippen molar-refractivity contribution in [2.45, 2.75) is 20.8 Å². The van der Waals surface area contributed by atoms with Crippen LogP contribution in [0.2, 0.25) is 5.02 Å². The van der Waals surface area contributed by atoms with Crippen LogP contribution in [0.5, 0.6) is 23.4 Å². The van der Waals surface area contributed by atoms with Crippen molar-refractivity contribution in [1.29, 1.82) is 0 Å². The molecule has 1 N–H and O–H groups in total. The summed E-state index contributed by atoms with van der Waals surface area (Å²) >= 11 is 6.02. The number of aromatic nitrogens is 3. The van der Waals surface area contributed by atoms with Gasteiger partial charge in [0.1, 0.15) is 11.5 Å². The van der Waals surface area contributed by atoms with Gasteiger partial charge in [-0.3, -0.25) is 0 Å². The third-order valence-corrected chi connectivity index (χ3v) is 4.77. The molecule has 0 saturated carbocycles. The summed E-state index contributed by atoms with van der Waals surface area (Å²) in [4.78, 5) is 24.0. The molecule has 0 atom stereocenters. The first-order valence-corrected chi connectivity index (χ1v) is 10.4. The molecule has 0 aliphatic rings. The van der Waals surface area contributed by atoms with Gasteiger partial charge in [-0.2, -0.15) is 9.97 Å². The van der Waals surface area contributed by atoms with Gasteiger partial charge in [0.05, 0.1) is 6.61 Å². The fourth-order valence-electron chi connectivity index (χ4n) is 3.26. The van der Waals surface area contributed by atoms with Crippen molar-refractivity contribution in [2.75, 3.05) is 13.2 Å². The van der Waals surface area contributed by atoms with Crippen molar-refractivity contribution in [3.63, 3.8) is 0 Å². The average molecular weight is 470 g/mol. The van der Waals surface area contributed by atoms with Gasteiger partial charge in [-0.15, -0.1) is 0 Å². The Kier molecular flexibility index (Phi) is 6.32. The van der Waals surface area contributed by atoms with E-state index in [9.17, 15) is 4.79 Å². The topological polar surface area (TPSA) is 117 Å². The summed E-state index contributed by atoms with van der Waals surface area (Å²) in [5.74, 6) is 0.451. The maximum absolute atomic E-state index is 10.8. The van der Waals surface area contributed by atoms with Crippen LogP contribution in [-0.2, 0) is 4.79 Å². The maximum atomic E-state index is 10.8. The van der Waals surface area contributed by atoms with Gasteiger partial charge in [0.2, 0.25) is 5.89 Å². The molecule has 0 aliphatic carbocycles. The van der Waals surface area contributed by atoms with Gasteiger partial charge in [-0.05, 0) is 62.2 Å². The standard InChI is InChI=1S/C23H20ClN3O6/c1-4-30-21-18-22(27-23(26-21)32-16-7-5-6-15(24)10-16)33-20(25-18)14-8-12(2)19(13(3)9-14)31-11-17(28)29/h5-10H,4,11H2,1-3H3,(H,28,29). The molecule has 0 aliphatic heterocycles. The Balaban J connectivity index is 1.72. The molecule has 4 rings (SSSR count). The highest BCUT2D eigenvalue weighted by Crippen LogP contribution is 2.34. The Morgan fingerprint density at radius 2 is 1.85 bits per heavy atom. The average Bonchev–Trinajstić information content (AvgIpc) is 3.17. The van der Waals surface area contributed by atoms with Crippen LogP contribution in [0.1, 0.15) is 18.1 Å². The molecule has 0 amide bonds. The Morgan fingerprint density at radius 1 is 1.09 bits per heavy atom. The molecule has 0 unspecified atom stereocenters. The zero-order chi connectivity index (χ0) is 23.5. The Morgan fingerprint density at radius 3 is 2.52 bits per heavy atom. The van der Waals surface area contributed by atoms with E-state index in [1.165, 1.54) is 0 Å². The van der Waals surface area contributed by atoms with Crippen molar-refractivity contribution < 1.29 is 28.5 Å². The van der Waals surface area contributed by atoms with Crippen molar-refractivity contribution in [3.8, 4) is 34.8 Å². The number of fused-ring (bicyclic) bond motifs is 1. The Labute approximate surface area is 193 Å². The fraction of sp³-hybridized carbons (Fsp3) is 0.217. The number of benzene rings is 2. The molecular weight excluding hydrogens is 450 g/mol. The minimum Gasteiger partial charge on any atom is -0.481 e. The maximum Gasteiger partial charge on any atom is 0.341 e. The summed E-state index contributed by atoms with van der Waals surface area (Å²) in [7, 11) is 0. The monoisotopic (exact) mass is 469 g/mol. The summed E-state index contributed by atoms with van der Waals surface area (Å²) in [5, 5.41) is 9.39. The molecule has 2 heterocycles. The van der Waals surface area contributed by atoms with E-state index < -0.39 is 12.6 Å². The molecule has 0 bridgehead atoms. The van der Waals surface area contributed by atoms with E-state index in [4.69, 9.17) is 35.3 Å². The lowest BCUT2D eigenvalue weighted by atomic mass is 10.1. The molecule has 0 saturated heterocycles. The second kappa shape index (κ2) is 9.33. The van der Waals surface area contributed by atoms with Gasteiger partial charge in [0.25, 0.3) is 11.6 Å². The molecule has 0 spiro atoms. The third-order valence-electron chi connectivity index (χ3n) is 4.54. The fourth-order valence-corrected chi connectivity index (χ4v) is 3.44. The molecule has 33 heavy (non-hydrogen) atoms. The molecule has 4 aromatic rings. The van der Waals surface area contributed by atoms with Gasteiger partial charge in [-0.1, -0.05) is 17.7 Å². The van der Waals surface area contributed by atoms with Crippen LogP contribution in [-0.4, -0.2) is 39.2 Å². The SMILES string of the molecule is CCOc1nc(Oc2cccc(Cl)c2)nc2oc(-c3cc(C)c(OCC(=O)O)c(C)c3)nc12. The number of carbonyl (C=O) groups is 1. The minimum absolute atomic E-state index is 0.0284. The number of hydrogen-bond acceptors (Lipinski definition) is 8. The molecule has 2 aromatic carbocycles. The number of ether oxygens (including phenoxy) is 3. The predicted octanol–water partition coefficient (Wildman–Crippen LogP) is 5.21. The van der Waals surface area contributed by atoms with Gasteiger partial charge < -0.3 is 23.7 Å². The van der Waals surface area contributed by atoms with Crippen LogP contribution in [0.4, 0.5) is 0 Å². The first kappa shape index (κ1) is 22.3. The van der Waals surface area contributed by atoms with Crippen molar-refractivity contribution >= 4 is 28.8 Å². The van der Waals surface area contributed by atoms with Crippen LogP contribution in [0.3, 0.4) is 0 Å². The molecule has 0 fully saturated rings. The van der Waals surface area contributed by atoms with Crippen LogP contribution in [0.25, 0.3) is 22.7 Å². The highest BCUT2D eigenvalue weighted by Gasteiger charge is 2.20. The van der Waals surface area contributed by atoms with E-state index >= 15 is 0 Å². The van der Waals surface area contributed by atoms with E-state index in [2.05, 4.69) is 15.0 Å². The summed E-state index contributed by atoms with van der Waals surface area (Å²) in [5.41, 5.74) is 2.71. The van der Waals surface area contributed by atoms with E-state index in [1.54, 1.807) is 36.4 Å². The van der Waals surface area contributed by atoms with Gasteiger partial charge in [0.15, 0.2) is 12.1 Å². The highest BCUT2D eigenvalue weighted by molar-refractivity contribution is 6.30. The quantitative estimate of drug-likeness (QED) is 0.371. The van der Waals surface area contributed by atoms with Gasteiger partial charge >= 0.3 is 12.0 Å². The zero-order valence-electron chi connectivity index (χ0n) is 18.1. The normalized spacial score (nSPS) is 10.9. The number of oxazole rings is 1. The lowest BCUT2D eigenvalue weighted by Gasteiger charge is -2.11. The predicted molar refractivity (Wildman–Crippen MR) is 120 cm³/mol. The van der Waals surface area contributed by atoms with E-state index in [-0.39, 0.29) is 17.6 Å². The van der Waals surface area contributed by atoms with Crippen molar-refractivity contribution in [2.24, 2.45) is 0 Å². The molecule has 0 radical (unpaired) electrons. The lowest BCUT2D eigenvalue weighted by Crippen LogP contribution is -2.10. The number of aryl methyl sites for hydroxylation is 2. The first-order valence-electron chi connectivity index (χ1n) is 10.0. The second-order valence-corrected chi connectivity index (χ2v) is 7.53. The van der Waals surface area contributed by atoms with Crippen molar-refractivity contribution in [1.82, 2.24) is 15.0 Å². The highest BCUT2D eigenvalue weighted by atomic mass is 35.5. The van der Waals surface area contributed by atoms with Gasteiger partial charge in [-0.25, -0.2) is 9.78 Å². The third kappa shape index (κ3) is 4.98.